The molecular weight excluding hydrogens is 325 g/mol. The molecule has 24 heavy (non-hydrogen) atoms. The molecule has 1 aliphatic rings. The Morgan fingerprint density at radius 2 is 2.08 bits per heavy atom. The van der Waals surface area contributed by atoms with Gasteiger partial charge in [-0.1, -0.05) is 5.16 Å². The van der Waals surface area contributed by atoms with Gasteiger partial charge in [-0.25, -0.2) is 13.8 Å². The van der Waals surface area contributed by atoms with E-state index in [2.05, 4.69) is 24.6 Å². The smallest absolute Gasteiger partial charge is 0.358 e. The second kappa shape index (κ2) is 5.08. The Balaban J connectivity index is 1.90. The first-order chi connectivity index (χ1) is 11.6. The van der Waals surface area contributed by atoms with E-state index in [0.29, 0.717) is 5.56 Å². The van der Waals surface area contributed by atoms with Crippen molar-refractivity contribution in [3.8, 4) is 17.2 Å². The van der Waals surface area contributed by atoms with Crippen LogP contribution in [0.3, 0.4) is 0 Å². The van der Waals surface area contributed by atoms with Gasteiger partial charge in [-0.2, -0.15) is 0 Å². The molecule has 0 bridgehead atoms. The van der Waals surface area contributed by atoms with Crippen molar-refractivity contribution in [2.24, 2.45) is 0 Å². The lowest BCUT2D eigenvalue weighted by molar-refractivity contribution is -0.390. The van der Waals surface area contributed by atoms with Crippen LogP contribution in [0.5, 0.6) is 0 Å². The number of hydrogen-bond donors (Lipinski definition) is 0. The first-order valence-electron chi connectivity index (χ1n) is 6.92. The highest BCUT2D eigenvalue weighted by molar-refractivity contribution is 5.61. The van der Waals surface area contributed by atoms with Gasteiger partial charge in [-0.3, -0.25) is 4.52 Å². The van der Waals surface area contributed by atoms with Gasteiger partial charge in [-0.15, -0.1) is 4.63 Å². The highest BCUT2D eigenvalue weighted by Gasteiger charge is 2.31. The second-order valence-electron chi connectivity index (χ2n) is 5.28. The minimum atomic E-state index is -0.893. The molecule has 0 aliphatic heterocycles. The largest absolute Gasteiger partial charge is 0.446 e. The third kappa shape index (κ3) is 2.17. The standard InChI is InChI=1S/C13H8FN5O5/c14-9-4-3-7(5-8(9)6-1-2-6)18-11(16-23-13(18)20)10-12(19(21)22)17-24-15-10/h3-6H,1-2H2. The topological polar surface area (TPSA) is 130 Å². The average Bonchev–Trinajstić information content (AvgIpc) is 3.14. The van der Waals surface area contributed by atoms with Crippen LogP contribution >= 0.6 is 0 Å². The third-order valence-corrected chi connectivity index (χ3v) is 3.72. The summed E-state index contributed by atoms with van der Waals surface area (Å²) in [4.78, 5) is 22.1. The van der Waals surface area contributed by atoms with Crippen LogP contribution in [0.4, 0.5) is 10.2 Å². The summed E-state index contributed by atoms with van der Waals surface area (Å²) in [5.41, 5.74) is 0.374. The van der Waals surface area contributed by atoms with Crippen LogP contribution in [-0.2, 0) is 0 Å². The molecule has 0 spiro atoms. The van der Waals surface area contributed by atoms with Gasteiger partial charge in [0.15, 0.2) is 5.16 Å². The van der Waals surface area contributed by atoms with E-state index in [1.165, 1.54) is 18.2 Å². The molecule has 0 radical (unpaired) electrons. The molecule has 1 aromatic carbocycles. The molecule has 1 saturated carbocycles. The summed E-state index contributed by atoms with van der Waals surface area (Å²) < 4.78 is 23.8. The minimum Gasteiger partial charge on any atom is -0.358 e. The molecule has 4 rings (SSSR count). The van der Waals surface area contributed by atoms with E-state index in [9.17, 15) is 19.3 Å². The molecule has 2 aromatic heterocycles. The van der Waals surface area contributed by atoms with E-state index in [4.69, 9.17) is 0 Å². The Morgan fingerprint density at radius 1 is 1.29 bits per heavy atom. The zero-order valence-electron chi connectivity index (χ0n) is 11.9. The summed E-state index contributed by atoms with van der Waals surface area (Å²) in [5, 5.41) is 21.0. The molecule has 1 aliphatic carbocycles. The SMILES string of the molecule is O=c1onc(-c2nonc2[N+](=O)[O-])n1-c1ccc(F)c(C2CC2)c1. The number of aromatic nitrogens is 4. The Bertz CT molecular complexity index is 1000. The highest BCUT2D eigenvalue weighted by Crippen LogP contribution is 2.42. The van der Waals surface area contributed by atoms with Crippen molar-refractivity contribution in [1.29, 1.82) is 0 Å². The fraction of sp³-hybridized carbons (Fsp3) is 0.231. The molecule has 1 fully saturated rings. The number of hydrogen-bond acceptors (Lipinski definition) is 8. The highest BCUT2D eigenvalue weighted by atomic mass is 19.1. The summed E-state index contributed by atoms with van der Waals surface area (Å²) in [5.74, 6) is -2.12. The van der Waals surface area contributed by atoms with Gasteiger partial charge in [0.25, 0.3) is 5.69 Å². The molecule has 10 nitrogen and oxygen atoms in total. The molecule has 0 N–H and O–H groups in total. The minimum absolute atomic E-state index is 0.104. The number of halogens is 1. The fourth-order valence-corrected chi connectivity index (χ4v) is 2.45. The first-order valence-corrected chi connectivity index (χ1v) is 6.92. The zero-order chi connectivity index (χ0) is 16.8. The van der Waals surface area contributed by atoms with E-state index in [1.54, 1.807) is 0 Å². The summed E-state index contributed by atoms with van der Waals surface area (Å²) in [6.07, 6.45) is 1.73. The van der Waals surface area contributed by atoms with Crippen LogP contribution in [0.15, 0.2) is 32.1 Å². The quantitative estimate of drug-likeness (QED) is 0.522. The maximum absolute atomic E-state index is 13.9. The number of benzene rings is 1. The predicted octanol–water partition coefficient (Wildman–Crippen LogP) is 1.80. The molecule has 0 unspecified atom stereocenters. The molecule has 2 heterocycles. The van der Waals surface area contributed by atoms with Crippen molar-refractivity contribution in [1.82, 2.24) is 20.0 Å². The summed E-state index contributed by atoms with van der Waals surface area (Å²) in [6, 6.07) is 4.07. The van der Waals surface area contributed by atoms with Crippen molar-refractivity contribution in [3.05, 3.63) is 50.2 Å². The summed E-state index contributed by atoms with van der Waals surface area (Å²) in [7, 11) is 0. The molecule has 0 saturated heterocycles. The summed E-state index contributed by atoms with van der Waals surface area (Å²) >= 11 is 0. The normalized spacial score (nSPS) is 14.0. The summed E-state index contributed by atoms with van der Waals surface area (Å²) in [6.45, 7) is 0. The van der Waals surface area contributed by atoms with Gasteiger partial charge in [0.1, 0.15) is 5.82 Å². The third-order valence-electron chi connectivity index (χ3n) is 3.72. The van der Waals surface area contributed by atoms with Crippen molar-refractivity contribution in [2.75, 3.05) is 0 Å². The maximum atomic E-state index is 13.9. The van der Waals surface area contributed by atoms with E-state index in [-0.39, 0.29) is 28.9 Å². The van der Waals surface area contributed by atoms with Crippen molar-refractivity contribution >= 4 is 5.82 Å². The predicted molar refractivity (Wildman–Crippen MR) is 74.0 cm³/mol. The lowest BCUT2D eigenvalue weighted by Crippen LogP contribution is -2.14. The van der Waals surface area contributed by atoms with Gasteiger partial charge in [0.2, 0.25) is 5.82 Å². The lowest BCUT2D eigenvalue weighted by Gasteiger charge is -2.06. The van der Waals surface area contributed by atoms with Crippen molar-refractivity contribution in [3.63, 3.8) is 0 Å². The van der Waals surface area contributed by atoms with Crippen molar-refractivity contribution < 1.29 is 18.5 Å². The van der Waals surface area contributed by atoms with Gasteiger partial charge >= 0.3 is 11.6 Å². The maximum Gasteiger partial charge on any atom is 0.446 e. The number of nitrogens with zero attached hydrogens (tertiary/aromatic N) is 5. The van der Waals surface area contributed by atoms with Gasteiger partial charge in [-0.05, 0) is 52.6 Å². The molecule has 3 aromatic rings. The molecule has 0 atom stereocenters. The van der Waals surface area contributed by atoms with E-state index in [1.807, 2.05) is 0 Å². The Morgan fingerprint density at radius 3 is 2.79 bits per heavy atom. The van der Waals surface area contributed by atoms with Gasteiger partial charge in [0.05, 0.1) is 5.69 Å². The van der Waals surface area contributed by atoms with Crippen LogP contribution in [0.2, 0.25) is 0 Å². The van der Waals surface area contributed by atoms with Crippen molar-refractivity contribution in [2.45, 2.75) is 18.8 Å². The lowest BCUT2D eigenvalue weighted by atomic mass is 10.1. The van der Waals surface area contributed by atoms with Crippen LogP contribution in [-0.4, -0.2) is 25.0 Å². The Kier molecular flexibility index (Phi) is 3.01. The van der Waals surface area contributed by atoms with E-state index in [0.717, 1.165) is 17.4 Å². The molecule has 122 valence electrons. The second-order valence-corrected chi connectivity index (χ2v) is 5.28. The Hall–Kier alpha value is -3.37. The Labute approximate surface area is 131 Å². The molecule has 0 amide bonds. The van der Waals surface area contributed by atoms with Crippen LogP contribution in [0, 0.1) is 15.9 Å². The van der Waals surface area contributed by atoms with Crippen LogP contribution < -0.4 is 5.76 Å². The van der Waals surface area contributed by atoms with Crippen LogP contribution in [0.25, 0.3) is 17.2 Å². The van der Waals surface area contributed by atoms with Gasteiger partial charge in [0, 0.05) is 0 Å². The first kappa shape index (κ1) is 14.2. The monoisotopic (exact) mass is 333 g/mol. The zero-order valence-corrected chi connectivity index (χ0v) is 11.9. The fourth-order valence-electron chi connectivity index (χ4n) is 2.45. The number of nitro groups is 1. The molecule has 11 heteroatoms. The van der Waals surface area contributed by atoms with E-state index >= 15 is 0 Å². The average molecular weight is 333 g/mol. The number of rotatable bonds is 4. The van der Waals surface area contributed by atoms with Crippen LogP contribution in [0.1, 0.15) is 24.3 Å². The van der Waals surface area contributed by atoms with E-state index < -0.39 is 16.5 Å². The van der Waals surface area contributed by atoms with Gasteiger partial charge < -0.3 is 10.1 Å². The molecular formula is C13H8FN5O5.